The smallest absolute Gasteiger partial charge is 0.0619 e. The monoisotopic (exact) mass is 714 g/mol. The van der Waals surface area contributed by atoms with Crippen molar-refractivity contribution in [1.82, 2.24) is 4.57 Å². The van der Waals surface area contributed by atoms with Gasteiger partial charge in [0.05, 0.1) is 16.9 Å². The van der Waals surface area contributed by atoms with E-state index in [0.29, 0.717) is 0 Å². The second-order valence-corrected chi connectivity index (χ2v) is 14.2. The molecule has 264 valence electrons. The molecular formula is C54H38N2. The van der Waals surface area contributed by atoms with E-state index in [1.807, 2.05) is 0 Å². The lowest BCUT2D eigenvalue weighted by Crippen LogP contribution is -2.10. The van der Waals surface area contributed by atoms with E-state index in [4.69, 9.17) is 0 Å². The predicted molar refractivity (Wildman–Crippen MR) is 237 cm³/mol. The Labute approximate surface area is 327 Å². The van der Waals surface area contributed by atoms with E-state index >= 15 is 0 Å². The van der Waals surface area contributed by atoms with Gasteiger partial charge in [0.1, 0.15) is 0 Å². The zero-order valence-corrected chi connectivity index (χ0v) is 30.8. The van der Waals surface area contributed by atoms with Gasteiger partial charge in [0.25, 0.3) is 0 Å². The maximum Gasteiger partial charge on any atom is 0.0619 e. The van der Waals surface area contributed by atoms with Crippen molar-refractivity contribution in [3.05, 3.63) is 231 Å². The highest BCUT2D eigenvalue weighted by molar-refractivity contribution is 6.07. The molecule has 0 unspecified atom stereocenters. The fraction of sp³-hybridized carbons (Fsp3) is 0. The van der Waals surface area contributed by atoms with Crippen molar-refractivity contribution >= 4 is 38.7 Å². The van der Waals surface area contributed by atoms with Gasteiger partial charge in [0.15, 0.2) is 0 Å². The van der Waals surface area contributed by atoms with Crippen molar-refractivity contribution in [2.75, 3.05) is 4.90 Å². The molecule has 1 heterocycles. The third-order valence-electron chi connectivity index (χ3n) is 10.8. The fourth-order valence-electron chi connectivity index (χ4n) is 8.15. The molecule has 0 aliphatic carbocycles. The van der Waals surface area contributed by atoms with Crippen LogP contribution in [0.15, 0.2) is 231 Å². The van der Waals surface area contributed by atoms with E-state index in [1.54, 1.807) is 0 Å². The third kappa shape index (κ3) is 6.04. The normalized spacial score (nSPS) is 11.2. The summed E-state index contributed by atoms with van der Waals surface area (Å²) in [5.74, 6) is 0. The lowest BCUT2D eigenvalue weighted by Gasteiger charge is -2.27. The van der Waals surface area contributed by atoms with Gasteiger partial charge in [0, 0.05) is 33.4 Å². The van der Waals surface area contributed by atoms with Crippen LogP contribution in [0.3, 0.4) is 0 Å². The first kappa shape index (κ1) is 33.2. The average Bonchev–Trinajstić information content (AvgIpc) is 3.63. The molecule has 0 saturated heterocycles. The molecule has 0 atom stereocenters. The lowest BCUT2D eigenvalue weighted by molar-refractivity contribution is 1.14. The number of benzene rings is 9. The molecule has 0 bridgehead atoms. The summed E-state index contributed by atoms with van der Waals surface area (Å²) in [5, 5.41) is 3.65. The first-order valence-electron chi connectivity index (χ1n) is 19.2. The minimum absolute atomic E-state index is 1.11. The predicted octanol–water partition coefficient (Wildman–Crippen LogP) is 14.9. The molecule has 0 fully saturated rings. The fourth-order valence-corrected chi connectivity index (χ4v) is 8.15. The molecule has 9 aromatic carbocycles. The molecule has 0 amide bonds. The minimum atomic E-state index is 1.11. The Kier molecular flexibility index (Phi) is 8.55. The number of para-hydroxylation sites is 1. The van der Waals surface area contributed by atoms with Crippen molar-refractivity contribution in [1.29, 1.82) is 0 Å². The molecule has 0 saturated carbocycles. The number of hydrogen-bond acceptors (Lipinski definition) is 1. The highest BCUT2D eigenvalue weighted by Gasteiger charge is 2.22. The first-order chi connectivity index (χ1) is 27.8. The molecule has 0 aliphatic heterocycles. The van der Waals surface area contributed by atoms with Crippen molar-refractivity contribution in [2.45, 2.75) is 0 Å². The van der Waals surface area contributed by atoms with E-state index in [9.17, 15) is 0 Å². The Bertz CT molecular complexity index is 2910. The molecule has 56 heavy (non-hydrogen) atoms. The van der Waals surface area contributed by atoms with Gasteiger partial charge in [-0.2, -0.15) is 0 Å². The molecule has 0 aliphatic rings. The van der Waals surface area contributed by atoms with E-state index in [-0.39, 0.29) is 0 Å². The summed E-state index contributed by atoms with van der Waals surface area (Å²) in [5.41, 5.74) is 15.2. The van der Waals surface area contributed by atoms with Crippen LogP contribution in [0.5, 0.6) is 0 Å². The van der Waals surface area contributed by atoms with Gasteiger partial charge in [-0.25, -0.2) is 0 Å². The molecule has 2 nitrogen and oxygen atoms in total. The molecular weight excluding hydrogens is 677 g/mol. The Morgan fingerprint density at radius 1 is 0.321 bits per heavy atom. The SMILES string of the molecule is c1ccc(-c2ccc(-n3c(-c4ccccc4)c(-c4ccccc4)c4cc(-c5ccc(N(c6ccccc6)c6cccc7ccccc67)cc5)ccc43)cc2)cc1. The van der Waals surface area contributed by atoms with Gasteiger partial charge in [-0.05, 0) is 93.4 Å². The average molecular weight is 715 g/mol. The van der Waals surface area contributed by atoms with Gasteiger partial charge < -0.3 is 9.47 Å². The van der Waals surface area contributed by atoms with Gasteiger partial charge in [-0.15, -0.1) is 0 Å². The molecule has 2 heteroatoms. The van der Waals surface area contributed by atoms with Crippen LogP contribution in [0.4, 0.5) is 17.1 Å². The highest BCUT2D eigenvalue weighted by Crippen LogP contribution is 2.45. The zero-order valence-electron chi connectivity index (χ0n) is 30.8. The van der Waals surface area contributed by atoms with Crippen LogP contribution in [0.1, 0.15) is 0 Å². The van der Waals surface area contributed by atoms with Gasteiger partial charge in [-0.3, -0.25) is 0 Å². The summed E-state index contributed by atoms with van der Waals surface area (Å²) in [6.45, 7) is 0. The summed E-state index contributed by atoms with van der Waals surface area (Å²) < 4.78 is 2.44. The molecule has 1 aromatic heterocycles. The van der Waals surface area contributed by atoms with Gasteiger partial charge >= 0.3 is 0 Å². The van der Waals surface area contributed by atoms with Crippen LogP contribution in [-0.2, 0) is 0 Å². The van der Waals surface area contributed by atoms with Crippen LogP contribution in [0.25, 0.3) is 72.0 Å². The lowest BCUT2D eigenvalue weighted by atomic mass is 9.96. The summed E-state index contributed by atoms with van der Waals surface area (Å²) in [6, 6.07) is 83.0. The van der Waals surface area contributed by atoms with Crippen molar-refractivity contribution in [2.24, 2.45) is 0 Å². The van der Waals surface area contributed by atoms with Gasteiger partial charge in [0.2, 0.25) is 0 Å². The Hall–Kier alpha value is -7.42. The summed E-state index contributed by atoms with van der Waals surface area (Å²) in [4.78, 5) is 2.36. The molecule has 10 aromatic rings. The van der Waals surface area contributed by atoms with Crippen LogP contribution < -0.4 is 4.90 Å². The number of fused-ring (bicyclic) bond motifs is 2. The van der Waals surface area contributed by atoms with E-state index < -0.39 is 0 Å². The number of hydrogen-bond donors (Lipinski definition) is 0. The minimum Gasteiger partial charge on any atom is -0.310 e. The Morgan fingerprint density at radius 2 is 0.821 bits per heavy atom. The number of aromatic nitrogens is 1. The number of rotatable bonds is 8. The largest absolute Gasteiger partial charge is 0.310 e. The van der Waals surface area contributed by atoms with Crippen LogP contribution in [0, 0.1) is 0 Å². The molecule has 0 N–H and O–H groups in total. The zero-order chi connectivity index (χ0) is 37.3. The second kappa shape index (κ2) is 14.4. The summed E-state index contributed by atoms with van der Waals surface area (Å²) in [6.07, 6.45) is 0. The molecule has 0 radical (unpaired) electrons. The van der Waals surface area contributed by atoms with Crippen molar-refractivity contribution in [3.63, 3.8) is 0 Å². The van der Waals surface area contributed by atoms with Crippen LogP contribution in [0.2, 0.25) is 0 Å². The highest BCUT2D eigenvalue weighted by atomic mass is 15.1. The number of nitrogens with zero attached hydrogens (tertiary/aromatic N) is 2. The van der Waals surface area contributed by atoms with Crippen LogP contribution >= 0.6 is 0 Å². The van der Waals surface area contributed by atoms with Gasteiger partial charge in [-0.1, -0.05) is 176 Å². The van der Waals surface area contributed by atoms with E-state index in [0.717, 1.165) is 22.7 Å². The van der Waals surface area contributed by atoms with Crippen LogP contribution in [-0.4, -0.2) is 4.57 Å². The van der Waals surface area contributed by atoms with Crippen molar-refractivity contribution in [3.8, 4) is 50.3 Å². The Balaban J connectivity index is 1.13. The van der Waals surface area contributed by atoms with E-state index in [1.165, 1.54) is 66.3 Å². The topological polar surface area (TPSA) is 8.17 Å². The summed E-state index contributed by atoms with van der Waals surface area (Å²) >= 11 is 0. The first-order valence-corrected chi connectivity index (χ1v) is 19.2. The molecule has 10 rings (SSSR count). The number of anilines is 3. The maximum absolute atomic E-state index is 2.44. The standard InChI is InChI=1S/C54H38N2/c1-5-16-39(17-6-1)40-28-35-48(36-29-40)56-52-37-32-45(38-50(52)53(43-19-7-2-8-20-43)54(56)44-21-9-3-10-22-44)41-30-33-47(34-31-41)55(46-24-11-4-12-25-46)51-27-15-23-42-18-13-14-26-49(42)51/h1-38H. The Morgan fingerprint density at radius 3 is 1.52 bits per heavy atom. The quantitative estimate of drug-likeness (QED) is 0.152. The third-order valence-corrected chi connectivity index (χ3v) is 10.8. The van der Waals surface area contributed by atoms with E-state index in [2.05, 4.69) is 240 Å². The molecule has 0 spiro atoms. The maximum atomic E-state index is 2.44. The summed E-state index contributed by atoms with van der Waals surface area (Å²) in [7, 11) is 0. The second-order valence-electron chi connectivity index (χ2n) is 14.2. The van der Waals surface area contributed by atoms with Crippen molar-refractivity contribution < 1.29 is 0 Å².